The maximum Gasteiger partial charge on any atom is 0.250 e. The molecule has 2 saturated heterocycles. The van der Waals surface area contributed by atoms with Gasteiger partial charge in [0.15, 0.2) is 11.5 Å². The smallest absolute Gasteiger partial charge is 0.250 e. The Morgan fingerprint density at radius 3 is 2.69 bits per heavy atom. The summed E-state index contributed by atoms with van der Waals surface area (Å²) in [5.74, 6) is -3.11. The van der Waals surface area contributed by atoms with Crippen molar-refractivity contribution in [2.75, 3.05) is 17.0 Å². The van der Waals surface area contributed by atoms with E-state index in [9.17, 15) is 19.2 Å². The Morgan fingerprint density at radius 2 is 1.88 bits per heavy atom. The van der Waals surface area contributed by atoms with Gasteiger partial charge >= 0.3 is 0 Å². The predicted octanol–water partition coefficient (Wildman–Crippen LogP) is 0.216. The van der Waals surface area contributed by atoms with Gasteiger partial charge in [-0.05, 0) is 18.2 Å². The molecule has 1 spiro atoms. The highest BCUT2D eigenvalue weighted by atomic mass is 16.7. The van der Waals surface area contributed by atoms with Gasteiger partial charge in [-0.25, -0.2) is 4.90 Å². The average Bonchev–Trinajstić information content (AvgIpc) is 3.48. The number of benzene rings is 2. The molecule has 4 aliphatic rings. The van der Waals surface area contributed by atoms with Gasteiger partial charge in [0, 0.05) is 29.8 Å². The molecule has 10 heteroatoms. The third kappa shape index (κ3) is 2.27. The van der Waals surface area contributed by atoms with E-state index in [1.54, 1.807) is 42.5 Å². The van der Waals surface area contributed by atoms with Crippen molar-refractivity contribution in [3.8, 4) is 11.5 Å². The van der Waals surface area contributed by atoms with E-state index in [0.717, 1.165) is 4.90 Å². The minimum atomic E-state index is -1.47. The van der Waals surface area contributed by atoms with Crippen molar-refractivity contribution in [1.82, 2.24) is 5.32 Å². The summed E-state index contributed by atoms with van der Waals surface area (Å²) in [6.07, 6.45) is -0.188. The maximum absolute atomic E-state index is 13.7. The van der Waals surface area contributed by atoms with E-state index in [2.05, 4.69) is 10.6 Å². The van der Waals surface area contributed by atoms with Crippen LogP contribution in [0.4, 0.5) is 11.4 Å². The lowest BCUT2D eigenvalue weighted by molar-refractivity contribution is -0.130. The van der Waals surface area contributed by atoms with Crippen molar-refractivity contribution in [2.45, 2.75) is 18.0 Å². The van der Waals surface area contributed by atoms with E-state index in [0.29, 0.717) is 28.4 Å². The number of carbonyl (C=O) groups is 4. The Kier molecular flexibility index (Phi) is 3.70. The van der Waals surface area contributed by atoms with E-state index in [1.165, 1.54) is 0 Å². The number of nitrogens with two attached hydrogens (primary N) is 1. The van der Waals surface area contributed by atoms with Crippen molar-refractivity contribution in [3.05, 3.63) is 48.0 Å². The first-order chi connectivity index (χ1) is 15.4. The Balaban J connectivity index is 1.49. The Bertz CT molecular complexity index is 1230. The van der Waals surface area contributed by atoms with Crippen LogP contribution in [0.3, 0.4) is 0 Å². The summed E-state index contributed by atoms with van der Waals surface area (Å²) >= 11 is 0. The van der Waals surface area contributed by atoms with E-state index < -0.39 is 47.0 Å². The minimum Gasteiger partial charge on any atom is -0.454 e. The molecular weight excluding hydrogens is 416 g/mol. The number of fused-ring (bicyclic) bond motifs is 5. The fraction of sp³-hybridized carbons (Fsp3) is 0.273. The van der Waals surface area contributed by atoms with Crippen LogP contribution in [0, 0.1) is 11.8 Å². The molecule has 4 N–H and O–H groups in total. The summed E-state index contributed by atoms with van der Waals surface area (Å²) in [7, 11) is 0. The van der Waals surface area contributed by atoms with E-state index >= 15 is 0 Å². The van der Waals surface area contributed by atoms with Crippen LogP contribution in [-0.2, 0) is 24.7 Å². The highest BCUT2D eigenvalue weighted by Crippen LogP contribution is 2.54. The molecule has 10 nitrogen and oxygen atoms in total. The van der Waals surface area contributed by atoms with Gasteiger partial charge < -0.3 is 20.5 Å². The number of anilines is 2. The van der Waals surface area contributed by atoms with Crippen molar-refractivity contribution in [1.29, 1.82) is 0 Å². The van der Waals surface area contributed by atoms with Gasteiger partial charge in [0.05, 0.1) is 17.5 Å². The lowest BCUT2D eigenvalue weighted by atomic mass is 9.76. The molecule has 2 aromatic carbocycles. The van der Waals surface area contributed by atoms with Crippen molar-refractivity contribution >= 4 is 35.0 Å². The molecule has 2 fully saturated rings. The zero-order valence-electron chi connectivity index (χ0n) is 16.7. The number of nitrogens with one attached hydrogen (secondary N) is 2. The quantitative estimate of drug-likeness (QED) is 0.587. The molecule has 0 saturated carbocycles. The van der Waals surface area contributed by atoms with Gasteiger partial charge in [0.25, 0.3) is 0 Å². The zero-order valence-corrected chi connectivity index (χ0v) is 16.7. The second-order valence-corrected chi connectivity index (χ2v) is 8.28. The second-order valence-electron chi connectivity index (χ2n) is 8.28. The highest BCUT2D eigenvalue weighted by Gasteiger charge is 2.70. The van der Waals surface area contributed by atoms with E-state index in [4.69, 9.17) is 15.2 Å². The average molecular weight is 434 g/mol. The van der Waals surface area contributed by atoms with E-state index in [-0.39, 0.29) is 13.2 Å². The highest BCUT2D eigenvalue weighted by molar-refractivity contribution is 6.26. The normalized spacial score (nSPS) is 29.4. The lowest BCUT2D eigenvalue weighted by Gasteiger charge is -2.29. The van der Waals surface area contributed by atoms with Gasteiger partial charge in [-0.2, -0.15) is 0 Å². The lowest BCUT2D eigenvalue weighted by Crippen LogP contribution is -2.53. The molecule has 0 radical (unpaired) electrons. The molecule has 162 valence electrons. The molecule has 0 bridgehead atoms. The van der Waals surface area contributed by atoms with Crippen LogP contribution in [0.5, 0.6) is 11.5 Å². The van der Waals surface area contributed by atoms with Crippen molar-refractivity contribution in [2.24, 2.45) is 17.6 Å². The van der Waals surface area contributed by atoms with E-state index in [1.807, 2.05) is 0 Å². The summed E-state index contributed by atoms with van der Waals surface area (Å²) in [6.45, 7) is 0.0522. The van der Waals surface area contributed by atoms with Gasteiger partial charge in [-0.3, -0.25) is 24.5 Å². The number of rotatable bonds is 3. The molecule has 32 heavy (non-hydrogen) atoms. The van der Waals surface area contributed by atoms with Crippen LogP contribution in [0.25, 0.3) is 0 Å². The Hall–Kier alpha value is -3.92. The number of hydrogen-bond acceptors (Lipinski definition) is 7. The largest absolute Gasteiger partial charge is 0.454 e. The number of imide groups is 1. The molecule has 4 unspecified atom stereocenters. The molecule has 4 aliphatic heterocycles. The summed E-state index contributed by atoms with van der Waals surface area (Å²) in [5, 5.41) is 5.96. The number of carbonyl (C=O) groups excluding carboxylic acids is 4. The number of para-hydroxylation sites is 1. The monoisotopic (exact) mass is 434 g/mol. The maximum atomic E-state index is 13.7. The second kappa shape index (κ2) is 6.30. The molecule has 6 rings (SSSR count). The topological polar surface area (TPSA) is 140 Å². The first kappa shape index (κ1) is 18.8. The molecule has 4 atom stereocenters. The number of ether oxygens (including phenoxy) is 2. The Morgan fingerprint density at radius 1 is 1.09 bits per heavy atom. The number of amides is 4. The summed E-state index contributed by atoms with van der Waals surface area (Å²) < 4.78 is 10.7. The third-order valence-corrected chi connectivity index (χ3v) is 6.66. The fourth-order valence-electron chi connectivity index (χ4n) is 5.43. The standard InChI is InChI=1S/C22H18N4O6/c23-16(27)8-13-17-18(22(25-13)11-3-1-2-4-12(11)24-21(22)30)20(29)26(19(17)28)10-5-6-14-15(7-10)32-9-31-14/h1-7,13,17-18,25H,8-9H2,(H2,23,27)(H,24,30). The fourth-order valence-corrected chi connectivity index (χ4v) is 5.43. The predicted molar refractivity (Wildman–Crippen MR) is 110 cm³/mol. The van der Waals surface area contributed by atoms with Crippen LogP contribution in [0.1, 0.15) is 12.0 Å². The number of primary amides is 1. The van der Waals surface area contributed by atoms with Gasteiger partial charge in [-0.1, -0.05) is 18.2 Å². The van der Waals surface area contributed by atoms with Crippen LogP contribution >= 0.6 is 0 Å². The van der Waals surface area contributed by atoms with Crippen molar-refractivity contribution in [3.63, 3.8) is 0 Å². The number of hydrogen-bond donors (Lipinski definition) is 3. The van der Waals surface area contributed by atoms with Crippen LogP contribution < -0.4 is 30.7 Å². The van der Waals surface area contributed by atoms with Gasteiger partial charge in [0.1, 0.15) is 5.54 Å². The first-order valence-corrected chi connectivity index (χ1v) is 10.2. The van der Waals surface area contributed by atoms with Crippen LogP contribution in [-0.4, -0.2) is 36.5 Å². The zero-order chi connectivity index (χ0) is 22.2. The van der Waals surface area contributed by atoms with Crippen LogP contribution in [0.15, 0.2) is 42.5 Å². The molecule has 4 amide bonds. The number of nitrogens with zero attached hydrogens (tertiary/aromatic N) is 1. The molecule has 0 aromatic heterocycles. The van der Waals surface area contributed by atoms with Crippen molar-refractivity contribution < 1.29 is 28.7 Å². The summed E-state index contributed by atoms with van der Waals surface area (Å²) in [6, 6.07) is 11.0. The molecule has 2 aromatic rings. The van der Waals surface area contributed by atoms with Gasteiger partial charge in [0.2, 0.25) is 30.4 Å². The van der Waals surface area contributed by atoms with Crippen LogP contribution in [0.2, 0.25) is 0 Å². The molecular formula is C22H18N4O6. The Labute approximate surface area is 181 Å². The minimum absolute atomic E-state index is 0.0522. The first-order valence-electron chi connectivity index (χ1n) is 10.2. The SMILES string of the molecule is NC(=O)CC1NC2(C(=O)Nc3ccccc32)C2C(=O)N(c3ccc4c(c3)OCO4)C(=O)C12. The molecule has 4 heterocycles. The summed E-state index contributed by atoms with van der Waals surface area (Å²) in [5.41, 5.74) is 5.41. The third-order valence-electron chi connectivity index (χ3n) is 6.66. The van der Waals surface area contributed by atoms with Gasteiger partial charge in [-0.15, -0.1) is 0 Å². The molecule has 0 aliphatic carbocycles. The summed E-state index contributed by atoms with van der Waals surface area (Å²) in [4.78, 5) is 53.4.